The highest BCUT2D eigenvalue weighted by molar-refractivity contribution is 9.10. The molecule has 1 aliphatic rings. The molecule has 2 aromatic rings. The van der Waals surface area contributed by atoms with Crippen LogP contribution in [0.2, 0.25) is 0 Å². The molecule has 1 nitrogen and oxygen atoms in total. The van der Waals surface area contributed by atoms with E-state index in [1.807, 2.05) is 11.3 Å². The molecule has 0 amide bonds. The van der Waals surface area contributed by atoms with E-state index < -0.39 is 0 Å². The molecule has 0 aliphatic heterocycles. The number of hydrogen-bond acceptors (Lipinski definition) is 2. The highest BCUT2D eigenvalue weighted by Gasteiger charge is 2.28. The Kier molecular flexibility index (Phi) is 4.59. The second-order valence-electron chi connectivity index (χ2n) is 5.50. The summed E-state index contributed by atoms with van der Waals surface area (Å²) >= 11 is 5.52. The third-order valence-electron chi connectivity index (χ3n) is 4.21. The topological polar surface area (TPSA) is 12.0 Å². The van der Waals surface area contributed by atoms with Crippen LogP contribution in [-0.2, 0) is 19.3 Å². The molecule has 1 atom stereocenters. The molecule has 0 radical (unpaired) electrons. The van der Waals surface area contributed by atoms with Crippen molar-refractivity contribution in [3.63, 3.8) is 0 Å². The summed E-state index contributed by atoms with van der Waals surface area (Å²) in [4.78, 5) is 1.46. The number of nitrogens with one attached hydrogen (secondary N) is 1. The summed E-state index contributed by atoms with van der Waals surface area (Å²) in [5.41, 5.74) is 3.09. The Labute approximate surface area is 133 Å². The smallest absolute Gasteiger partial charge is 0.0314 e. The van der Waals surface area contributed by atoms with Crippen molar-refractivity contribution in [3.8, 4) is 0 Å². The van der Waals surface area contributed by atoms with Gasteiger partial charge in [-0.2, -0.15) is 0 Å². The summed E-state index contributed by atoms with van der Waals surface area (Å²) in [6.07, 6.45) is 3.57. The third kappa shape index (κ3) is 3.00. The quantitative estimate of drug-likeness (QED) is 0.840. The monoisotopic (exact) mass is 349 g/mol. The third-order valence-corrected chi connectivity index (χ3v) is 6.16. The second-order valence-corrected chi connectivity index (χ2v) is 7.35. The van der Waals surface area contributed by atoms with Crippen molar-refractivity contribution in [2.24, 2.45) is 5.92 Å². The van der Waals surface area contributed by atoms with Crippen LogP contribution in [0, 0.1) is 5.92 Å². The Morgan fingerprint density at radius 1 is 1.25 bits per heavy atom. The molecule has 1 aromatic heterocycles. The summed E-state index contributed by atoms with van der Waals surface area (Å²) < 4.78 is 1.26. The zero-order valence-electron chi connectivity index (χ0n) is 11.7. The van der Waals surface area contributed by atoms with Crippen LogP contribution in [0.25, 0.3) is 0 Å². The molecule has 3 heteroatoms. The molecule has 0 saturated heterocycles. The van der Waals surface area contributed by atoms with Gasteiger partial charge in [0.15, 0.2) is 0 Å². The summed E-state index contributed by atoms with van der Waals surface area (Å²) in [6.45, 7) is 3.25. The van der Waals surface area contributed by atoms with Crippen LogP contribution in [0.3, 0.4) is 0 Å². The number of rotatable bonds is 5. The average Bonchev–Trinajstić information content (AvgIpc) is 3.04. The molecule has 1 N–H and O–H groups in total. The summed E-state index contributed by atoms with van der Waals surface area (Å²) in [5, 5.41) is 5.88. The second kappa shape index (κ2) is 6.42. The van der Waals surface area contributed by atoms with Crippen molar-refractivity contribution < 1.29 is 0 Å². The van der Waals surface area contributed by atoms with Gasteiger partial charge in [0.05, 0.1) is 0 Å². The highest BCUT2D eigenvalue weighted by Crippen LogP contribution is 2.32. The average molecular weight is 350 g/mol. The Bertz CT molecular complexity index is 553. The SMILES string of the molecule is CCNC(Cc1sccc1Br)C1Cc2ccccc2C1. The molecule has 1 aromatic carbocycles. The number of thiophene rings is 1. The van der Waals surface area contributed by atoms with Gasteiger partial charge in [-0.05, 0) is 70.2 Å². The molecular weight excluding hydrogens is 330 g/mol. The van der Waals surface area contributed by atoms with E-state index in [-0.39, 0.29) is 0 Å². The lowest BCUT2D eigenvalue weighted by molar-refractivity contribution is 0.369. The van der Waals surface area contributed by atoms with Crippen LogP contribution < -0.4 is 5.32 Å². The molecule has 1 heterocycles. The first kappa shape index (κ1) is 14.3. The first-order valence-electron chi connectivity index (χ1n) is 7.30. The Balaban J connectivity index is 1.74. The van der Waals surface area contributed by atoms with Gasteiger partial charge in [0.1, 0.15) is 0 Å². The number of hydrogen-bond donors (Lipinski definition) is 1. The van der Waals surface area contributed by atoms with Crippen molar-refractivity contribution in [1.82, 2.24) is 5.32 Å². The van der Waals surface area contributed by atoms with E-state index in [0.717, 1.165) is 18.9 Å². The van der Waals surface area contributed by atoms with Gasteiger partial charge in [-0.25, -0.2) is 0 Å². The predicted molar refractivity (Wildman–Crippen MR) is 90.5 cm³/mol. The fourth-order valence-corrected chi connectivity index (χ4v) is 4.79. The molecule has 106 valence electrons. The number of benzene rings is 1. The lowest BCUT2D eigenvalue weighted by Crippen LogP contribution is -2.38. The number of halogens is 1. The zero-order chi connectivity index (χ0) is 13.9. The molecule has 20 heavy (non-hydrogen) atoms. The van der Waals surface area contributed by atoms with Crippen LogP contribution in [0.1, 0.15) is 22.9 Å². The molecule has 0 spiro atoms. The van der Waals surface area contributed by atoms with Crippen LogP contribution in [0.15, 0.2) is 40.2 Å². The Morgan fingerprint density at radius 2 is 1.95 bits per heavy atom. The number of fused-ring (bicyclic) bond motifs is 1. The summed E-state index contributed by atoms with van der Waals surface area (Å²) in [7, 11) is 0. The largest absolute Gasteiger partial charge is 0.314 e. The van der Waals surface area contributed by atoms with Gasteiger partial charge in [-0.15, -0.1) is 11.3 Å². The van der Waals surface area contributed by atoms with Gasteiger partial charge in [0.2, 0.25) is 0 Å². The van der Waals surface area contributed by atoms with E-state index in [9.17, 15) is 0 Å². The van der Waals surface area contributed by atoms with Crippen molar-refractivity contribution in [2.75, 3.05) is 6.54 Å². The van der Waals surface area contributed by atoms with Gasteiger partial charge in [0, 0.05) is 15.4 Å². The van der Waals surface area contributed by atoms with E-state index in [0.29, 0.717) is 6.04 Å². The first-order valence-corrected chi connectivity index (χ1v) is 8.97. The minimum Gasteiger partial charge on any atom is -0.314 e. The summed E-state index contributed by atoms with van der Waals surface area (Å²) in [6, 6.07) is 11.6. The fourth-order valence-electron chi connectivity index (χ4n) is 3.22. The molecule has 0 fully saturated rings. The predicted octanol–water partition coefficient (Wildman–Crippen LogP) is 4.45. The molecule has 1 aliphatic carbocycles. The zero-order valence-corrected chi connectivity index (χ0v) is 14.1. The van der Waals surface area contributed by atoms with Crippen molar-refractivity contribution in [2.45, 2.75) is 32.2 Å². The first-order chi connectivity index (χ1) is 9.78. The van der Waals surface area contributed by atoms with Crippen LogP contribution >= 0.6 is 27.3 Å². The number of likely N-dealkylation sites (N-methyl/N-ethyl adjacent to an activating group) is 1. The van der Waals surface area contributed by atoms with Crippen molar-refractivity contribution in [3.05, 3.63) is 56.2 Å². The molecule has 0 bridgehead atoms. The van der Waals surface area contributed by atoms with Crippen LogP contribution in [0.5, 0.6) is 0 Å². The molecule has 3 rings (SSSR count). The summed E-state index contributed by atoms with van der Waals surface area (Å²) in [5.74, 6) is 0.723. The highest BCUT2D eigenvalue weighted by atomic mass is 79.9. The van der Waals surface area contributed by atoms with Gasteiger partial charge >= 0.3 is 0 Å². The van der Waals surface area contributed by atoms with Crippen molar-refractivity contribution >= 4 is 27.3 Å². The standard InChI is InChI=1S/C17H20BrNS/c1-2-19-16(11-17-15(18)7-8-20-17)14-9-12-5-3-4-6-13(12)10-14/h3-8,14,16,19H,2,9-11H2,1H3. The van der Waals surface area contributed by atoms with Crippen LogP contribution in [-0.4, -0.2) is 12.6 Å². The van der Waals surface area contributed by atoms with Gasteiger partial charge in [-0.1, -0.05) is 31.2 Å². The van der Waals surface area contributed by atoms with Gasteiger partial charge in [0.25, 0.3) is 0 Å². The van der Waals surface area contributed by atoms with Gasteiger partial charge in [-0.3, -0.25) is 0 Å². The van der Waals surface area contributed by atoms with E-state index in [1.54, 1.807) is 11.1 Å². The molecule has 0 saturated carbocycles. The molecular formula is C17H20BrNS. The van der Waals surface area contributed by atoms with E-state index in [4.69, 9.17) is 0 Å². The lowest BCUT2D eigenvalue weighted by Gasteiger charge is -2.24. The fraction of sp³-hybridized carbons (Fsp3) is 0.412. The Hall–Kier alpha value is -0.640. The van der Waals surface area contributed by atoms with E-state index in [2.05, 4.69) is 63.9 Å². The molecule has 1 unspecified atom stereocenters. The maximum absolute atomic E-state index is 3.71. The normalized spacial score (nSPS) is 16.3. The maximum atomic E-state index is 3.71. The maximum Gasteiger partial charge on any atom is 0.0314 e. The van der Waals surface area contributed by atoms with E-state index in [1.165, 1.54) is 22.2 Å². The van der Waals surface area contributed by atoms with Crippen LogP contribution in [0.4, 0.5) is 0 Å². The minimum absolute atomic E-state index is 0.572. The van der Waals surface area contributed by atoms with Gasteiger partial charge < -0.3 is 5.32 Å². The van der Waals surface area contributed by atoms with E-state index >= 15 is 0 Å². The van der Waals surface area contributed by atoms with Crippen molar-refractivity contribution in [1.29, 1.82) is 0 Å². The minimum atomic E-state index is 0.572. The lowest BCUT2D eigenvalue weighted by atomic mass is 9.93. The Morgan fingerprint density at radius 3 is 2.50 bits per heavy atom.